The van der Waals surface area contributed by atoms with Crippen LogP contribution in [0.2, 0.25) is 0 Å². The zero-order chi connectivity index (χ0) is 16.3. The minimum Gasteiger partial charge on any atom is -0.344 e. The summed E-state index contributed by atoms with van der Waals surface area (Å²) >= 11 is 0. The lowest BCUT2D eigenvalue weighted by molar-refractivity contribution is -0.120. The molecule has 1 heterocycles. The van der Waals surface area contributed by atoms with Crippen molar-refractivity contribution in [2.75, 3.05) is 6.54 Å². The zero-order valence-corrected chi connectivity index (χ0v) is 14.0. The van der Waals surface area contributed by atoms with Gasteiger partial charge in [0.25, 0.3) is 0 Å². The first-order chi connectivity index (χ1) is 10.3. The van der Waals surface area contributed by atoms with Gasteiger partial charge in [0, 0.05) is 13.5 Å². The van der Waals surface area contributed by atoms with Gasteiger partial charge in [-0.3, -0.25) is 4.79 Å². The molecule has 0 saturated heterocycles. The average Bonchev–Trinajstić information content (AvgIpc) is 2.91. The molecule has 0 saturated carbocycles. The second kappa shape index (κ2) is 7.52. The Morgan fingerprint density at radius 2 is 2.00 bits per heavy atom. The lowest BCUT2D eigenvalue weighted by Gasteiger charge is -2.21. The maximum absolute atomic E-state index is 13.0. The fourth-order valence-electron chi connectivity index (χ4n) is 2.20. The van der Waals surface area contributed by atoms with Crippen LogP contribution in [0.25, 0.3) is 0 Å². The molecule has 1 aromatic carbocycles. The standard InChI is InChI=1S/C15H19FN4O2.ClH/c1-9(21)19-15(2,3)14-18-13(22-20-14)12(8-17)10-4-6-11(16)7-5-10;/h4-7,12H,8,17H2,1-3H3,(H,19,21);1H. The average molecular weight is 343 g/mol. The molecule has 0 aliphatic rings. The van der Waals surface area contributed by atoms with Gasteiger partial charge in [-0.1, -0.05) is 17.3 Å². The fraction of sp³-hybridized carbons (Fsp3) is 0.400. The maximum atomic E-state index is 13.0. The minimum absolute atomic E-state index is 0. The van der Waals surface area contributed by atoms with Crippen LogP contribution in [-0.2, 0) is 10.3 Å². The summed E-state index contributed by atoms with van der Waals surface area (Å²) in [5.74, 6) is -0.140. The van der Waals surface area contributed by atoms with Gasteiger partial charge in [0.2, 0.25) is 11.8 Å². The van der Waals surface area contributed by atoms with Gasteiger partial charge in [-0.25, -0.2) is 4.39 Å². The van der Waals surface area contributed by atoms with Crippen LogP contribution in [0.1, 0.15) is 44.0 Å². The molecule has 0 aliphatic heterocycles. The van der Waals surface area contributed by atoms with Gasteiger partial charge in [-0.2, -0.15) is 4.98 Å². The van der Waals surface area contributed by atoms with E-state index in [4.69, 9.17) is 10.3 Å². The molecule has 0 fully saturated rings. The van der Waals surface area contributed by atoms with Crippen molar-refractivity contribution in [2.24, 2.45) is 5.73 Å². The molecular weight excluding hydrogens is 323 g/mol. The minimum atomic E-state index is -0.754. The van der Waals surface area contributed by atoms with Crippen LogP contribution in [0.5, 0.6) is 0 Å². The smallest absolute Gasteiger partial charge is 0.235 e. The molecule has 6 nitrogen and oxygen atoms in total. The van der Waals surface area contributed by atoms with Crippen LogP contribution in [0.15, 0.2) is 28.8 Å². The summed E-state index contributed by atoms with van der Waals surface area (Å²) in [4.78, 5) is 15.6. The molecule has 3 N–H and O–H groups in total. The molecular formula is C15H20ClFN4O2. The highest BCUT2D eigenvalue weighted by atomic mass is 35.5. The van der Waals surface area contributed by atoms with Crippen molar-refractivity contribution in [1.82, 2.24) is 15.5 Å². The molecule has 23 heavy (non-hydrogen) atoms. The number of nitrogens with zero attached hydrogens (tertiary/aromatic N) is 2. The number of carbonyl (C=O) groups excluding carboxylic acids is 1. The first-order valence-electron chi connectivity index (χ1n) is 6.92. The number of nitrogens with one attached hydrogen (secondary N) is 1. The zero-order valence-electron chi connectivity index (χ0n) is 13.2. The van der Waals surface area contributed by atoms with Crippen molar-refractivity contribution in [3.05, 3.63) is 47.4 Å². The predicted octanol–water partition coefficient (Wildman–Crippen LogP) is 2.09. The molecule has 1 aromatic heterocycles. The Hall–Kier alpha value is -1.99. The van der Waals surface area contributed by atoms with Crippen LogP contribution >= 0.6 is 12.4 Å². The van der Waals surface area contributed by atoms with Gasteiger partial charge in [0.05, 0.1) is 11.5 Å². The quantitative estimate of drug-likeness (QED) is 0.867. The third-order valence-electron chi connectivity index (χ3n) is 3.30. The number of hydrogen-bond donors (Lipinski definition) is 2. The molecule has 1 atom stereocenters. The number of hydrogen-bond acceptors (Lipinski definition) is 5. The highest BCUT2D eigenvalue weighted by Gasteiger charge is 2.29. The number of aromatic nitrogens is 2. The summed E-state index contributed by atoms with van der Waals surface area (Å²) in [5.41, 5.74) is 5.82. The van der Waals surface area contributed by atoms with Crippen molar-refractivity contribution >= 4 is 18.3 Å². The third kappa shape index (κ3) is 4.49. The molecule has 0 aliphatic carbocycles. The second-order valence-electron chi connectivity index (χ2n) is 5.60. The Labute approximate surface area is 140 Å². The number of halogens is 2. The molecule has 8 heteroatoms. The second-order valence-corrected chi connectivity index (χ2v) is 5.60. The van der Waals surface area contributed by atoms with Gasteiger partial charge >= 0.3 is 0 Å². The van der Waals surface area contributed by atoms with E-state index in [-0.39, 0.29) is 36.6 Å². The van der Waals surface area contributed by atoms with Gasteiger partial charge in [-0.15, -0.1) is 12.4 Å². The largest absolute Gasteiger partial charge is 0.344 e. The highest BCUT2D eigenvalue weighted by Crippen LogP contribution is 2.25. The molecule has 2 rings (SSSR count). The van der Waals surface area contributed by atoms with Crippen LogP contribution in [0, 0.1) is 5.82 Å². The van der Waals surface area contributed by atoms with Gasteiger partial charge in [0.15, 0.2) is 5.82 Å². The summed E-state index contributed by atoms with van der Waals surface area (Å²) in [6.07, 6.45) is 0. The number of rotatable bonds is 5. The number of carbonyl (C=O) groups is 1. The lowest BCUT2D eigenvalue weighted by atomic mass is 9.99. The van der Waals surface area contributed by atoms with E-state index in [0.29, 0.717) is 11.7 Å². The summed E-state index contributed by atoms with van der Waals surface area (Å²) < 4.78 is 18.3. The van der Waals surface area contributed by atoms with E-state index in [1.807, 2.05) is 0 Å². The van der Waals surface area contributed by atoms with Crippen molar-refractivity contribution < 1.29 is 13.7 Å². The lowest BCUT2D eigenvalue weighted by Crippen LogP contribution is -2.40. The van der Waals surface area contributed by atoms with Crippen molar-refractivity contribution in [3.63, 3.8) is 0 Å². The molecule has 0 spiro atoms. The molecule has 1 unspecified atom stereocenters. The number of benzene rings is 1. The predicted molar refractivity (Wildman–Crippen MR) is 85.7 cm³/mol. The van der Waals surface area contributed by atoms with E-state index in [9.17, 15) is 9.18 Å². The van der Waals surface area contributed by atoms with Crippen LogP contribution in [0.3, 0.4) is 0 Å². The van der Waals surface area contributed by atoms with E-state index < -0.39 is 5.54 Å². The molecule has 0 radical (unpaired) electrons. The monoisotopic (exact) mass is 342 g/mol. The summed E-state index contributed by atoms with van der Waals surface area (Å²) in [7, 11) is 0. The third-order valence-corrected chi connectivity index (χ3v) is 3.30. The summed E-state index contributed by atoms with van der Waals surface area (Å²) in [6.45, 7) is 5.22. The first kappa shape index (κ1) is 19.1. The summed E-state index contributed by atoms with van der Waals surface area (Å²) in [5, 5.41) is 6.67. The Bertz CT molecular complexity index is 658. The van der Waals surface area contributed by atoms with Crippen molar-refractivity contribution in [3.8, 4) is 0 Å². The van der Waals surface area contributed by atoms with Crippen molar-refractivity contribution in [2.45, 2.75) is 32.2 Å². The first-order valence-corrected chi connectivity index (χ1v) is 6.92. The summed E-state index contributed by atoms with van der Waals surface area (Å²) in [6, 6.07) is 5.98. The number of nitrogens with two attached hydrogens (primary N) is 1. The van der Waals surface area contributed by atoms with Gasteiger partial charge in [-0.05, 0) is 31.5 Å². The Morgan fingerprint density at radius 1 is 1.39 bits per heavy atom. The van der Waals surface area contributed by atoms with E-state index >= 15 is 0 Å². The number of amides is 1. The van der Waals surface area contributed by atoms with Crippen molar-refractivity contribution in [1.29, 1.82) is 0 Å². The fourth-order valence-corrected chi connectivity index (χ4v) is 2.20. The molecule has 1 amide bonds. The van der Waals surface area contributed by atoms with E-state index in [1.54, 1.807) is 26.0 Å². The Balaban J connectivity index is 0.00000264. The molecule has 2 aromatic rings. The topological polar surface area (TPSA) is 94.0 Å². The van der Waals surface area contributed by atoms with Gasteiger partial charge < -0.3 is 15.6 Å². The highest BCUT2D eigenvalue weighted by molar-refractivity contribution is 5.85. The Kier molecular flexibility index (Phi) is 6.23. The maximum Gasteiger partial charge on any atom is 0.235 e. The Morgan fingerprint density at radius 3 is 2.52 bits per heavy atom. The molecule has 0 bridgehead atoms. The van der Waals surface area contributed by atoms with Crippen LogP contribution in [0.4, 0.5) is 4.39 Å². The van der Waals surface area contributed by atoms with Crippen LogP contribution in [-0.4, -0.2) is 22.6 Å². The van der Waals surface area contributed by atoms with E-state index in [2.05, 4.69) is 15.5 Å². The molecule has 126 valence electrons. The van der Waals surface area contributed by atoms with E-state index in [0.717, 1.165) is 5.56 Å². The normalized spacial score (nSPS) is 12.4. The van der Waals surface area contributed by atoms with Gasteiger partial charge in [0.1, 0.15) is 5.82 Å². The SMILES string of the molecule is CC(=O)NC(C)(C)c1noc(C(CN)c2ccc(F)cc2)n1.Cl. The van der Waals surface area contributed by atoms with Crippen LogP contribution < -0.4 is 11.1 Å². The van der Waals surface area contributed by atoms with E-state index in [1.165, 1.54) is 19.1 Å².